The molecule has 1 amide bonds. The Morgan fingerprint density at radius 3 is 2.35 bits per heavy atom. The van der Waals surface area contributed by atoms with Crippen molar-refractivity contribution in [2.24, 2.45) is 5.92 Å². The van der Waals surface area contributed by atoms with E-state index in [0.29, 0.717) is 28.9 Å². The topological polar surface area (TPSA) is 72.9 Å². The van der Waals surface area contributed by atoms with Crippen LogP contribution in [0.25, 0.3) is 0 Å². The fraction of sp³-hybridized carbons (Fsp3) is 0.440. The number of piperazine rings is 1. The molecule has 0 spiro atoms. The average Bonchev–Trinajstić information content (AvgIpc) is 2.73. The minimum absolute atomic E-state index is 0.214. The third-order valence-corrected chi connectivity index (χ3v) is 5.86. The summed E-state index contributed by atoms with van der Waals surface area (Å²) in [5.74, 6) is -0.577. The zero-order chi connectivity index (χ0) is 22.5. The molecule has 6 nitrogen and oxygen atoms in total. The van der Waals surface area contributed by atoms with Gasteiger partial charge in [0.05, 0.1) is 11.3 Å². The predicted octanol–water partition coefficient (Wildman–Crippen LogP) is 4.50. The summed E-state index contributed by atoms with van der Waals surface area (Å²) in [6.45, 7) is 12.1. The molecule has 0 aliphatic carbocycles. The third kappa shape index (κ3) is 5.85. The van der Waals surface area contributed by atoms with Gasteiger partial charge in [-0.05, 0) is 56.5 Å². The summed E-state index contributed by atoms with van der Waals surface area (Å²) >= 11 is 0. The van der Waals surface area contributed by atoms with Gasteiger partial charge in [-0.3, -0.25) is 9.69 Å². The number of amides is 1. The van der Waals surface area contributed by atoms with Gasteiger partial charge in [-0.1, -0.05) is 31.5 Å². The molecule has 6 heteroatoms. The van der Waals surface area contributed by atoms with Gasteiger partial charge in [-0.2, -0.15) is 0 Å². The van der Waals surface area contributed by atoms with Crippen LogP contribution >= 0.6 is 0 Å². The second-order valence-corrected chi connectivity index (χ2v) is 8.86. The van der Waals surface area contributed by atoms with E-state index in [2.05, 4.69) is 35.9 Å². The second-order valence-electron chi connectivity index (χ2n) is 8.86. The zero-order valence-electron chi connectivity index (χ0n) is 18.9. The highest BCUT2D eigenvalue weighted by atomic mass is 16.4. The number of anilines is 2. The summed E-state index contributed by atoms with van der Waals surface area (Å²) in [6, 6.07) is 13.0. The van der Waals surface area contributed by atoms with E-state index < -0.39 is 5.97 Å². The first-order valence-corrected chi connectivity index (χ1v) is 11.0. The number of benzene rings is 2. The van der Waals surface area contributed by atoms with Crippen molar-refractivity contribution in [1.82, 2.24) is 4.90 Å². The van der Waals surface area contributed by atoms with Crippen molar-refractivity contribution < 1.29 is 14.7 Å². The van der Waals surface area contributed by atoms with Gasteiger partial charge in [0, 0.05) is 43.5 Å². The fourth-order valence-corrected chi connectivity index (χ4v) is 4.29. The van der Waals surface area contributed by atoms with E-state index in [9.17, 15) is 14.7 Å². The Morgan fingerprint density at radius 1 is 1.03 bits per heavy atom. The summed E-state index contributed by atoms with van der Waals surface area (Å²) in [5, 5.41) is 12.6. The lowest BCUT2D eigenvalue weighted by Gasteiger charge is -2.40. The number of nitrogens with one attached hydrogen (secondary N) is 1. The number of aromatic carboxylic acids is 1. The number of carboxylic acids is 1. The molecule has 166 valence electrons. The SMILES string of the molecule is Cc1cccc(C(=O)Nc2ccc(N3CCN(C(C)CC(C)C)CC3)c(C(=O)O)c2)c1. The van der Waals surface area contributed by atoms with Crippen LogP contribution in [0.15, 0.2) is 42.5 Å². The van der Waals surface area contributed by atoms with Gasteiger partial charge in [0.1, 0.15) is 0 Å². The molecule has 0 bridgehead atoms. The number of carbonyl (C=O) groups excluding carboxylic acids is 1. The Hall–Kier alpha value is -2.86. The molecular formula is C25H33N3O3. The molecule has 0 radical (unpaired) electrons. The minimum Gasteiger partial charge on any atom is -0.478 e. The maximum absolute atomic E-state index is 12.5. The molecule has 2 aromatic rings. The van der Waals surface area contributed by atoms with Crippen molar-refractivity contribution in [3.05, 3.63) is 59.2 Å². The second kappa shape index (κ2) is 9.96. The highest BCUT2D eigenvalue weighted by Gasteiger charge is 2.24. The number of aryl methyl sites for hydroxylation is 1. The first kappa shape index (κ1) is 22.8. The smallest absolute Gasteiger partial charge is 0.337 e. The largest absolute Gasteiger partial charge is 0.478 e. The zero-order valence-corrected chi connectivity index (χ0v) is 18.9. The Balaban J connectivity index is 1.71. The monoisotopic (exact) mass is 423 g/mol. The van der Waals surface area contributed by atoms with E-state index in [0.717, 1.165) is 38.2 Å². The van der Waals surface area contributed by atoms with E-state index in [1.807, 2.05) is 31.2 Å². The van der Waals surface area contributed by atoms with Crippen LogP contribution in [0.5, 0.6) is 0 Å². The summed E-state index contributed by atoms with van der Waals surface area (Å²) in [7, 11) is 0. The number of carboxylic acid groups (broad SMARTS) is 1. The lowest BCUT2D eigenvalue weighted by Crippen LogP contribution is -2.50. The van der Waals surface area contributed by atoms with Gasteiger partial charge in [0.2, 0.25) is 0 Å². The summed E-state index contributed by atoms with van der Waals surface area (Å²) in [4.78, 5) is 29.1. The van der Waals surface area contributed by atoms with Crippen LogP contribution in [0.1, 0.15) is 53.5 Å². The van der Waals surface area contributed by atoms with E-state index in [1.165, 1.54) is 0 Å². The average molecular weight is 424 g/mol. The van der Waals surface area contributed by atoms with Crippen molar-refractivity contribution in [2.75, 3.05) is 36.4 Å². The molecule has 2 aromatic carbocycles. The molecule has 1 unspecified atom stereocenters. The van der Waals surface area contributed by atoms with Crippen molar-refractivity contribution in [1.29, 1.82) is 0 Å². The van der Waals surface area contributed by atoms with Gasteiger partial charge in [0.15, 0.2) is 0 Å². The number of hydrogen-bond donors (Lipinski definition) is 2. The van der Waals surface area contributed by atoms with Crippen LogP contribution < -0.4 is 10.2 Å². The van der Waals surface area contributed by atoms with Gasteiger partial charge in [0.25, 0.3) is 5.91 Å². The third-order valence-electron chi connectivity index (χ3n) is 5.86. The van der Waals surface area contributed by atoms with Crippen LogP contribution in [0.4, 0.5) is 11.4 Å². The standard InChI is InChI=1S/C25H33N3O3/c1-17(2)14-19(4)27-10-12-28(13-11-27)23-9-8-21(16-22(23)25(30)31)26-24(29)20-7-5-6-18(3)15-20/h5-9,15-17,19H,10-14H2,1-4H3,(H,26,29)(H,30,31). The Kier molecular flexibility index (Phi) is 7.33. The van der Waals surface area contributed by atoms with Crippen LogP contribution in [0.2, 0.25) is 0 Å². The van der Waals surface area contributed by atoms with Crippen molar-refractivity contribution in [3.8, 4) is 0 Å². The molecule has 1 saturated heterocycles. The molecule has 3 rings (SSSR count). The molecule has 0 saturated carbocycles. The van der Waals surface area contributed by atoms with Gasteiger partial charge in [-0.25, -0.2) is 4.79 Å². The summed E-state index contributed by atoms with van der Waals surface area (Å²) in [5.41, 5.74) is 2.95. The van der Waals surface area contributed by atoms with Gasteiger partial charge < -0.3 is 15.3 Å². The lowest BCUT2D eigenvalue weighted by atomic mass is 10.0. The normalized spacial score (nSPS) is 15.7. The quantitative estimate of drug-likeness (QED) is 0.686. The number of nitrogens with zero attached hydrogens (tertiary/aromatic N) is 2. The molecule has 31 heavy (non-hydrogen) atoms. The fourth-order valence-electron chi connectivity index (χ4n) is 4.29. The van der Waals surface area contributed by atoms with Crippen LogP contribution in [-0.4, -0.2) is 54.1 Å². The Morgan fingerprint density at radius 2 is 1.74 bits per heavy atom. The van der Waals surface area contributed by atoms with E-state index >= 15 is 0 Å². The van der Waals surface area contributed by atoms with Crippen LogP contribution in [0, 0.1) is 12.8 Å². The molecule has 0 aromatic heterocycles. The number of rotatable bonds is 7. The lowest BCUT2D eigenvalue weighted by molar-refractivity contribution is 0.0696. The van der Waals surface area contributed by atoms with Crippen molar-refractivity contribution in [2.45, 2.75) is 40.2 Å². The van der Waals surface area contributed by atoms with E-state index in [-0.39, 0.29) is 11.5 Å². The van der Waals surface area contributed by atoms with Crippen molar-refractivity contribution >= 4 is 23.3 Å². The Labute approximate surface area is 184 Å². The van der Waals surface area contributed by atoms with Gasteiger partial charge in [-0.15, -0.1) is 0 Å². The first-order valence-electron chi connectivity index (χ1n) is 11.0. The van der Waals surface area contributed by atoms with Crippen molar-refractivity contribution in [3.63, 3.8) is 0 Å². The molecular weight excluding hydrogens is 390 g/mol. The maximum atomic E-state index is 12.5. The first-order chi connectivity index (χ1) is 14.7. The highest BCUT2D eigenvalue weighted by molar-refractivity contribution is 6.05. The molecule has 2 N–H and O–H groups in total. The highest BCUT2D eigenvalue weighted by Crippen LogP contribution is 2.27. The maximum Gasteiger partial charge on any atom is 0.337 e. The van der Waals surface area contributed by atoms with E-state index in [1.54, 1.807) is 18.2 Å². The molecule has 1 atom stereocenters. The van der Waals surface area contributed by atoms with E-state index in [4.69, 9.17) is 0 Å². The summed E-state index contributed by atoms with van der Waals surface area (Å²) < 4.78 is 0. The molecule has 1 heterocycles. The molecule has 1 aliphatic rings. The Bertz CT molecular complexity index is 933. The van der Waals surface area contributed by atoms with Gasteiger partial charge >= 0.3 is 5.97 Å². The van der Waals surface area contributed by atoms with Crippen LogP contribution in [-0.2, 0) is 0 Å². The number of carbonyl (C=O) groups is 2. The summed E-state index contributed by atoms with van der Waals surface area (Å²) in [6.07, 6.45) is 1.16. The molecule has 1 fully saturated rings. The predicted molar refractivity (Wildman–Crippen MR) is 125 cm³/mol. The van der Waals surface area contributed by atoms with Crippen LogP contribution in [0.3, 0.4) is 0 Å². The minimum atomic E-state index is -0.989. The number of hydrogen-bond acceptors (Lipinski definition) is 4. The molecule has 1 aliphatic heterocycles.